The van der Waals surface area contributed by atoms with Gasteiger partial charge >= 0.3 is 0 Å². The highest BCUT2D eigenvalue weighted by atomic mass is 16.6. The smallest absolute Gasteiger partial charge is 0.292 e. The summed E-state index contributed by atoms with van der Waals surface area (Å²) >= 11 is 0. The molecule has 0 atom stereocenters. The second-order valence-corrected chi connectivity index (χ2v) is 5.55. The van der Waals surface area contributed by atoms with E-state index in [9.17, 15) is 10.1 Å². The number of anilines is 1. The summed E-state index contributed by atoms with van der Waals surface area (Å²) in [7, 11) is 1.67. The molecule has 0 amide bonds. The summed E-state index contributed by atoms with van der Waals surface area (Å²) in [5, 5.41) is 15.0. The molecule has 1 heterocycles. The summed E-state index contributed by atoms with van der Waals surface area (Å²) in [5.41, 5.74) is 4.25. The molecule has 0 spiro atoms. The van der Waals surface area contributed by atoms with Gasteiger partial charge in [-0.15, -0.1) is 0 Å². The highest BCUT2D eigenvalue weighted by Crippen LogP contribution is 2.26. The van der Waals surface area contributed by atoms with Gasteiger partial charge < -0.3 is 5.32 Å². The van der Waals surface area contributed by atoms with Crippen molar-refractivity contribution in [1.29, 1.82) is 0 Å². The maximum absolute atomic E-state index is 11.1. The first-order valence-electron chi connectivity index (χ1n) is 7.58. The van der Waals surface area contributed by atoms with Gasteiger partial charge in [0, 0.05) is 18.5 Å². The average molecular weight is 319 g/mol. The van der Waals surface area contributed by atoms with Crippen molar-refractivity contribution in [3.63, 3.8) is 0 Å². The van der Waals surface area contributed by atoms with E-state index in [1.54, 1.807) is 19.2 Å². The Morgan fingerprint density at radius 1 is 1.08 bits per heavy atom. The van der Waals surface area contributed by atoms with Crippen LogP contribution >= 0.6 is 0 Å². The third-order valence-corrected chi connectivity index (χ3v) is 3.80. The number of rotatable bonds is 4. The fourth-order valence-corrected chi connectivity index (χ4v) is 2.55. The van der Waals surface area contributed by atoms with Crippen LogP contribution in [0.25, 0.3) is 23.1 Å². The minimum Gasteiger partial charge on any atom is -0.383 e. The molecule has 0 bridgehead atoms. The van der Waals surface area contributed by atoms with Crippen molar-refractivity contribution in [2.75, 3.05) is 12.4 Å². The van der Waals surface area contributed by atoms with Crippen LogP contribution in [-0.2, 0) is 0 Å². The van der Waals surface area contributed by atoms with Gasteiger partial charge in [0.15, 0.2) is 0 Å². The molecule has 0 saturated heterocycles. The van der Waals surface area contributed by atoms with Gasteiger partial charge in [-0.2, -0.15) is 0 Å². The highest BCUT2D eigenvalue weighted by molar-refractivity contribution is 5.82. The number of fused-ring (bicyclic) bond motifs is 1. The molecule has 0 aliphatic heterocycles. The Morgan fingerprint density at radius 3 is 2.67 bits per heavy atom. The summed E-state index contributed by atoms with van der Waals surface area (Å²) in [6.07, 6.45) is 3.69. The molecule has 0 unspecified atom stereocenters. The summed E-state index contributed by atoms with van der Waals surface area (Å²) in [4.78, 5) is 15.3. The zero-order valence-electron chi connectivity index (χ0n) is 13.5. The van der Waals surface area contributed by atoms with Gasteiger partial charge in [-0.1, -0.05) is 29.8 Å². The molecule has 1 aromatic heterocycles. The number of nitro groups is 1. The second-order valence-electron chi connectivity index (χ2n) is 5.55. The molecule has 0 fully saturated rings. The van der Waals surface area contributed by atoms with Crippen LogP contribution < -0.4 is 5.32 Å². The number of pyridine rings is 1. The predicted octanol–water partition coefficient (Wildman–Crippen LogP) is 4.66. The van der Waals surface area contributed by atoms with Crippen LogP contribution in [0.4, 0.5) is 11.4 Å². The zero-order valence-corrected chi connectivity index (χ0v) is 13.5. The minimum atomic E-state index is -0.389. The largest absolute Gasteiger partial charge is 0.383 e. The number of nitrogens with zero attached hydrogens (tertiary/aromatic N) is 2. The van der Waals surface area contributed by atoms with Crippen LogP contribution in [0.2, 0.25) is 0 Å². The maximum atomic E-state index is 11.1. The Hall–Kier alpha value is -3.21. The molecule has 3 aromatic rings. The maximum Gasteiger partial charge on any atom is 0.292 e. The van der Waals surface area contributed by atoms with E-state index in [4.69, 9.17) is 0 Å². The van der Waals surface area contributed by atoms with Crippen LogP contribution in [0.1, 0.15) is 16.8 Å². The Bertz CT molecular complexity index is 948. The van der Waals surface area contributed by atoms with Gasteiger partial charge in [-0.3, -0.25) is 10.1 Å². The van der Waals surface area contributed by atoms with E-state index >= 15 is 0 Å². The number of benzene rings is 2. The third kappa shape index (κ3) is 3.25. The summed E-state index contributed by atoms with van der Waals surface area (Å²) in [6, 6.07) is 15.2. The fourth-order valence-electron chi connectivity index (χ4n) is 2.55. The van der Waals surface area contributed by atoms with E-state index in [0.29, 0.717) is 5.69 Å². The summed E-state index contributed by atoms with van der Waals surface area (Å²) in [5.74, 6) is 0. The lowest BCUT2D eigenvalue weighted by Gasteiger charge is -2.03. The first-order chi connectivity index (χ1) is 11.6. The number of aryl methyl sites for hydroxylation is 1. The molecule has 3 rings (SSSR count). The molecule has 0 aliphatic carbocycles. The van der Waals surface area contributed by atoms with Crippen LogP contribution in [0, 0.1) is 17.0 Å². The molecule has 2 aromatic carbocycles. The van der Waals surface area contributed by atoms with Gasteiger partial charge in [0.05, 0.1) is 16.1 Å². The summed E-state index contributed by atoms with van der Waals surface area (Å²) in [6.45, 7) is 2.05. The molecule has 24 heavy (non-hydrogen) atoms. The van der Waals surface area contributed by atoms with E-state index in [1.807, 2.05) is 42.5 Å². The van der Waals surface area contributed by atoms with Crippen molar-refractivity contribution in [3.05, 3.63) is 75.5 Å². The standard InChI is InChI=1S/C19H17N3O2/c1-13-3-9-17-15(11-13)6-8-16(21-17)7-4-14-5-10-18(20-2)19(12-14)22(23)24/h3-12,20H,1-2H3/b7-4+. The molecule has 0 saturated carbocycles. The van der Waals surface area contributed by atoms with Gasteiger partial charge in [0.2, 0.25) is 0 Å². The number of hydrogen-bond donors (Lipinski definition) is 1. The molecular weight excluding hydrogens is 302 g/mol. The molecule has 5 heteroatoms. The second kappa shape index (κ2) is 6.50. The van der Waals surface area contributed by atoms with Crippen LogP contribution in [0.3, 0.4) is 0 Å². The number of hydrogen-bond acceptors (Lipinski definition) is 4. The lowest BCUT2D eigenvalue weighted by atomic mass is 10.1. The number of nitro benzene ring substituents is 1. The molecule has 1 N–H and O–H groups in total. The Labute approximate surface area is 139 Å². The highest BCUT2D eigenvalue weighted by Gasteiger charge is 2.12. The zero-order chi connectivity index (χ0) is 17.1. The van der Waals surface area contributed by atoms with Crippen LogP contribution in [-0.4, -0.2) is 17.0 Å². The Kier molecular flexibility index (Phi) is 4.24. The monoisotopic (exact) mass is 319 g/mol. The fraction of sp³-hybridized carbons (Fsp3) is 0.105. The van der Waals surface area contributed by atoms with Crippen molar-refractivity contribution in [1.82, 2.24) is 4.98 Å². The molecule has 0 aliphatic rings. The summed E-state index contributed by atoms with van der Waals surface area (Å²) < 4.78 is 0. The normalized spacial score (nSPS) is 11.1. The van der Waals surface area contributed by atoms with E-state index in [1.165, 1.54) is 5.56 Å². The SMILES string of the molecule is CNc1ccc(/C=C/c2ccc3cc(C)ccc3n2)cc1[N+](=O)[O-]. The van der Waals surface area contributed by atoms with Crippen molar-refractivity contribution < 1.29 is 4.92 Å². The van der Waals surface area contributed by atoms with Crippen molar-refractivity contribution in [2.24, 2.45) is 0 Å². The van der Waals surface area contributed by atoms with Gasteiger partial charge in [0.25, 0.3) is 5.69 Å². The lowest BCUT2D eigenvalue weighted by Crippen LogP contribution is -1.96. The Balaban J connectivity index is 1.91. The van der Waals surface area contributed by atoms with E-state index in [2.05, 4.69) is 23.3 Å². The van der Waals surface area contributed by atoms with Crippen molar-refractivity contribution in [3.8, 4) is 0 Å². The third-order valence-electron chi connectivity index (χ3n) is 3.80. The predicted molar refractivity (Wildman–Crippen MR) is 98.1 cm³/mol. The van der Waals surface area contributed by atoms with E-state index in [0.717, 1.165) is 22.2 Å². The van der Waals surface area contributed by atoms with Crippen molar-refractivity contribution in [2.45, 2.75) is 6.92 Å². The molecule has 0 radical (unpaired) electrons. The Morgan fingerprint density at radius 2 is 1.92 bits per heavy atom. The molecular formula is C19H17N3O2. The molecule has 5 nitrogen and oxygen atoms in total. The van der Waals surface area contributed by atoms with E-state index < -0.39 is 0 Å². The minimum absolute atomic E-state index is 0.0570. The first kappa shape index (κ1) is 15.7. The lowest BCUT2D eigenvalue weighted by molar-refractivity contribution is -0.383. The van der Waals surface area contributed by atoms with Crippen LogP contribution in [0.15, 0.2) is 48.5 Å². The average Bonchev–Trinajstić information content (AvgIpc) is 2.59. The van der Waals surface area contributed by atoms with E-state index in [-0.39, 0.29) is 10.6 Å². The van der Waals surface area contributed by atoms with Gasteiger partial charge in [-0.25, -0.2) is 4.98 Å². The molecule has 120 valence electrons. The quantitative estimate of drug-likeness (QED) is 0.561. The van der Waals surface area contributed by atoms with Gasteiger partial charge in [0.1, 0.15) is 5.69 Å². The topological polar surface area (TPSA) is 68.1 Å². The number of nitrogens with one attached hydrogen (secondary N) is 1. The van der Waals surface area contributed by atoms with Crippen LogP contribution in [0.5, 0.6) is 0 Å². The van der Waals surface area contributed by atoms with Crippen molar-refractivity contribution >= 4 is 34.4 Å². The van der Waals surface area contributed by atoms with Gasteiger partial charge in [-0.05, 0) is 42.8 Å². The first-order valence-corrected chi connectivity index (χ1v) is 7.58. The number of aromatic nitrogens is 1.